The Bertz CT molecular complexity index is 700. The lowest BCUT2D eigenvalue weighted by Gasteiger charge is -2.16. The lowest BCUT2D eigenvalue weighted by atomic mass is 10.2. The van der Waals surface area contributed by atoms with Crippen LogP contribution in [-0.4, -0.2) is 24.4 Å². The molecule has 5 heteroatoms. The Kier molecular flexibility index (Phi) is 5.40. The van der Waals surface area contributed by atoms with Crippen LogP contribution in [0.3, 0.4) is 0 Å². The predicted octanol–water partition coefficient (Wildman–Crippen LogP) is 2.98. The summed E-state index contributed by atoms with van der Waals surface area (Å²) >= 11 is 7.40. The molecular formula is C16H15ClN2OS. The summed E-state index contributed by atoms with van der Waals surface area (Å²) in [6.45, 7) is 0.828. The monoisotopic (exact) mass is 318 g/mol. The summed E-state index contributed by atoms with van der Waals surface area (Å²) in [5.74, 6) is 5.68. The molecule has 0 aliphatic heterocycles. The molecule has 0 unspecified atom stereocenters. The fraction of sp³-hybridized carbons (Fsp3) is 0.188. The molecule has 2 aromatic rings. The average Bonchev–Trinajstić information content (AvgIpc) is 2.93. The summed E-state index contributed by atoms with van der Waals surface area (Å²) in [5, 5.41) is 2.49. The van der Waals surface area contributed by atoms with Gasteiger partial charge in [0, 0.05) is 24.0 Å². The lowest BCUT2D eigenvalue weighted by Crippen LogP contribution is -2.25. The van der Waals surface area contributed by atoms with Crippen LogP contribution >= 0.6 is 22.9 Å². The van der Waals surface area contributed by atoms with Crippen molar-refractivity contribution in [2.24, 2.45) is 5.73 Å². The maximum atomic E-state index is 12.3. The van der Waals surface area contributed by atoms with Gasteiger partial charge in [-0.2, -0.15) is 0 Å². The highest BCUT2D eigenvalue weighted by Gasteiger charge is 2.13. The van der Waals surface area contributed by atoms with Gasteiger partial charge in [0.05, 0.1) is 17.0 Å². The molecule has 0 aliphatic carbocycles. The molecule has 0 saturated carbocycles. The number of carbonyl (C=O) groups excluding carboxylic acids is 1. The first-order valence-corrected chi connectivity index (χ1v) is 7.63. The Balaban J connectivity index is 2.07. The van der Waals surface area contributed by atoms with Crippen LogP contribution in [0.2, 0.25) is 5.02 Å². The molecule has 0 saturated heterocycles. The summed E-state index contributed by atoms with van der Waals surface area (Å²) in [6.07, 6.45) is 0. The number of benzene rings is 1. The van der Waals surface area contributed by atoms with Crippen LogP contribution in [-0.2, 0) is 6.54 Å². The van der Waals surface area contributed by atoms with E-state index in [0.29, 0.717) is 23.7 Å². The molecule has 2 rings (SSSR count). The van der Waals surface area contributed by atoms with E-state index in [4.69, 9.17) is 17.3 Å². The summed E-state index contributed by atoms with van der Waals surface area (Å²) < 4.78 is 0. The average molecular weight is 319 g/mol. The van der Waals surface area contributed by atoms with E-state index in [0.717, 1.165) is 10.4 Å². The molecule has 21 heavy (non-hydrogen) atoms. The van der Waals surface area contributed by atoms with E-state index in [1.54, 1.807) is 18.0 Å². The number of rotatable bonds is 3. The molecule has 0 aliphatic rings. The third kappa shape index (κ3) is 4.33. The van der Waals surface area contributed by atoms with E-state index >= 15 is 0 Å². The van der Waals surface area contributed by atoms with Crippen molar-refractivity contribution < 1.29 is 4.79 Å². The van der Waals surface area contributed by atoms with Crippen LogP contribution in [0.15, 0.2) is 35.7 Å². The second-order valence-electron chi connectivity index (χ2n) is 4.50. The number of hydrogen-bond acceptors (Lipinski definition) is 3. The van der Waals surface area contributed by atoms with Crippen molar-refractivity contribution in [3.8, 4) is 11.8 Å². The molecule has 2 N–H and O–H groups in total. The molecule has 0 spiro atoms. The van der Waals surface area contributed by atoms with Gasteiger partial charge in [0.1, 0.15) is 0 Å². The van der Waals surface area contributed by atoms with Crippen LogP contribution in [0.1, 0.15) is 20.8 Å². The van der Waals surface area contributed by atoms with Crippen molar-refractivity contribution in [3.05, 3.63) is 56.7 Å². The Morgan fingerprint density at radius 1 is 1.43 bits per heavy atom. The van der Waals surface area contributed by atoms with Gasteiger partial charge in [-0.3, -0.25) is 4.79 Å². The van der Waals surface area contributed by atoms with E-state index in [2.05, 4.69) is 11.8 Å². The number of hydrogen-bond donors (Lipinski definition) is 1. The van der Waals surface area contributed by atoms with Crippen LogP contribution in [0, 0.1) is 11.8 Å². The number of amides is 1. The third-order valence-corrected chi connectivity index (χ3v) is 3.90. The third-order valence-electron chi connectivity index (χ3n) is 2.82. The smallest absolute Gasteiger partial charge is 0.254 e. The maximum Gasteiger partial charge on any atom is 0.254 e. The second kappa shape index (κ2) is 7.28. The van der Waals surface area contributed by atoms with Gasteiger partial charge in [0.2, 0.25) is 0 Å². The zero-order valence-corrected chi connectivity index (χ0v) is 13.2. The minimum absolute atomic E-state index is 0.0352. The molecular weight excluding hydrogens is 304 g/mol. The van der Waals surface area contributed by atoms with Crippen molar-refractivity contribution in [1.29, 1.82) is 0 Å². The Hall–Kier alpha value is -1.80. The SMILES string of the molecule is CN(Cc1cccc(Cl)c1)C(=O)c1csc(C#CCN)c1. The molecule has 3 nitrogen and oxygen atoms in total. The van der Waals surface area contributed by atoms with Crippen LogP contribution < -0.4 is 5.73 Å². The number of halogens is 1. The molecule has 0 bridgehead atoms. The highest BCUT2D eigenvalue weighted by atomic mass is 35.5. The normalized spacial score (nSPS) is 9.86. The number of nitrogens with two attached hydrogens (primary N) is 1. The molecule has 0 atom stereocenters. The Morgan fingerprint density at radius 3 is 2.95 bits per heavy atom. The Labute approximate surface area is 133 Å². The fourth-order valence-electron chi connectivity index (χ4n) is 1.85. The maximum absolute atomic E-state index is 12.3. The lowest BCUT2D eigenvalue weighted by molar-refractivity contribution is 0.0785. The first-order chi connectivity index (χ1) is 10.1. The van der Waals surface area contributed by atoms with Crippen LogP contribution in [0.25, 0.3) is 0 Å². The van der Waals surface area contributed by atoms with Gasteiger partial charge < -0.3 is 10.6 Å². The van der Waals surface area contributed by atoms with Gasteiger partial charge in [-0.1, -0.05) is 35.6 Å². The zero-order chi connectivity index (χ0) is 15.2. The second-order valence-corrected chi connectivity index (χ2v) is 5.84. The van der Waals surface area contributed by atoms with Crippen molar-refractivity contribution in [2.45, 2.75) is 6.54 Å². The quantitative estimate of drug-likeness (QED) is 0.884. The minimum atomic E-state index is -0.0352. The number of carbonyl (C=O) groups is 1. The molecule has 1 heterocycles. The predicted molar refractivity (Wildman–Crippen MR) is 87.5 cm³/mol. The summed E-state index contributed by atoms with van der Waals surface area (Å²) in [5.41, 5.74) is 6.98. The summed E-state index contributed by atoms with van der Waals surface area (Å²) in [4.78, 5) is 14.9. The Morgan fingerprint density at radius 2 is 2.24 bits per heavy atom. The summed E-state index contributed by atoms with van der Waals surface area (Å²) in [7, 11) is 1.77. The zero-order valence-electron chi connectivity index (χ0n) is 11.6. The van der Waals surface area contributed by atoms with E-state index in [9.17, 15) is 4.79 Å². The van der Waals surface area contributed by atoms with Gasteiger partial charge in [-0.25, -0.2) is 0 Å². The standard InChI is InChI=1S/C16H15ClN2OS/c1-19(10-12-4-2-5-14(17)8-12)16(20)13-9-15(21-11-13)6-3-7-18/h2,4-5,8-9,11H,7,10,18H2,1H3. The fourth-order valence-corrected chi connectivity index (χ4v) is 2.82. The first-order valence-electron chi connectivity index (χ1n) is 6.37. The molecule has 1 aromatic carbocycles. The summed E-state index contributed by atoms with van der Waals surface area (Å²) in [6, 6.07) is 9.29. The molecule has 0 radical (unpaired) electrons. The first kappa shape index (κ1) is 15.6. The molecule has 1 aromatic heterocycles. The van der Waals surface area contributed by atoms with E-state index < -0.39 is 0 Å². The van der Waals surface area contributed by atoms with Crippen LogP contribution in [0.4, 0.5) is 0 Å². The van der Waals surface area contributed by atoms with E-state index in [1.165, 1.54) is 11.3 Å². The van der Waals surface area contributed by atoms with Crippen molar-refractivity contribution in [2.75, 3.05) is 13.6 Å². The van der Waals surface area contributed by atoms with Gasteiger partial charge in [-0.15, -0.1) is 11.3 Å². The van der Waals surface area contributed by atoms with E-state index in [1.807, 2.05) is 29.6 Å². The number of thiophene rings is 1. The topological polar surface area (TPSA) is 46.3 Å². The molecule has 0 fully saturated rings. The van der Waals surface area contributed by atoms with E-state index in [-0.39, 0.29) is 5.91 Å². The van der Waals surface area contributed by atoms with Crippen molar-refractivity contribution >= 4 is 28.8 Å². The van der Waals surface area contributed by atoms with Gasteiger partial charge >= 0.3 is 0 Å². The number of nitrogens with zero attached hydrogens (tertiary/aromatic N) is 1. The minimum Gasteiger partial charge on any atom is -0.337 e. The van der Waals surface area contributed by atoms with Gasteiger partial charge in [0.25, 0.3) is 5.91 Å². The molecule has 1 amide bonds. The van der Waals surface area contributed by atoms with Gasteiger partial charge in [0.15, 0.2) is 0 Å². The van der Waals surface area contributed by atoms with Crippen molar-refractivity contribution in [1.82, 2.24) is 4.90 Å². The van der Waals surface area contributed by atoms with Gasteiger partial charge in [-0.05, 0) is 23.8 Å². The molecule has 108 valence electrons. The highest BCUT2D eigenvalue weighted by molar-refractivity contribution is 7.10. The van der Waals surface area contributed by atoms with Crippen LogP contribution in [0.5, 0.6) is 0 Å². The highest BCUT2D eigenvalue weighted by Crippen LogP contribution is 2.17. The van der Waals surface area contributed by atoms with Crippen molar-refractivity contribution in [3.63, 3.8) is 0 Å². The largest absolute Gasteiger partial charge is 0.337 e.